The molecular formula is C23H22N4O2. The molecule has 0 fully saturated rings. The van der Waals surface area contributed by atoms with Gasteiger partial charge in [-0.1, -0.05) is 42.5 Å². The predicted octanol–water partition coefficient (Wildman–Crippen LogP) is 4.88. The molecule has 0 aliphatic rings. The van der Waals surface area contributed by atoms with E-state index >= 15 is 0 Å². The van der Waals surface area contributed by atoms with E-state index in [1.54, 1.807) is 24.9 Å². The molecule has 0 aliphatic carbocycles. The second-order valence-electron chi connectivity index (χ2n) is 7.61. The average Bonchev–Trinajstić information content (AvgIpc) is 3.23. The molecule has 0 bridgehead atoms. The van der Waals surface area contributed by atoms with Crippen molar-refractivity contribution >= 4 is 28.1 Å². The lowest BCUT2D eigenvalue weighted by molar-refractivity contribution is -0.149. The van der Waals surface area contributed by atoms with Crippen molar-refractivity contribution in [3.05, 3.63) is 84.9 Å². The van der Waals surface area contributed by atoms with Crippen LogP contribution in [0.5, 0.6) is 0 Å². The van der Waals surface area contributed by atoms with Crippen LogP contribution >= 0.6 is 0 Å². The number of benzene rings is 3. The molecule has 29 heavy (non-hydrogen) atoms. The van der Waals surface area contributed by atoms with E-state index in [1.165, 1.54) is 17.1 Å². The highest BCUT2D eigenvalue weighted by atomic mass is 16.4. The SMILES string of the molecule is CC(C)(C(=O)O)C(c1ccc(Nc2ccc3ccccc3c2)cc1)n1cncn1. The molecule has 3 aromatic carbocycles. The fourth-order valence-electron chi connectivity index (χ4n) is 3.55. The first-order valence-corrected chi connectivity index (χ1v) is 9.38. The quantitative estimate of drug-likeness (QED) is 0.494. The molecule has 0 saturated heterocycles. The lowest BCUT2D eigenvalue weighted by Crippen LogP contribution is -2.35. The molecular weight excluding hydrogens is 364 g/mol. The zero-order chi connectivity index (χ0) is 20.4. The van der Waals surface area contributed by atoms with Crippen LogP contribution in [-0.4, -0.2) is 25.8 Å². The maximum Gasteiger partial charge on any atom is 0.311 e. The maximum absolute atomic E-state index is 11.9. The first kappa shape index (κ1) is 18.7. The molecule has 2 N–H and O–H groups in total. The van der Waals surface area contributed by atoms with Crippen molar-refractivity contribution in [2.45, 2.75) is 19.9 Å². The van der Waals surface area contributed by atoms with Gasteiger partial charge in [0.2, 0.25) is 0 Å². The molecule has 146 valence electrons. The number of aliphatic carboxylic acids is 1. The van der Waals surface area contributed by atoms with Crippen LogP contribution in [0.4, 0.5) is 11.4 Å². The third kappa shape index (κ3) is 3.69. The Morgan fingerprint density at radius 1 is 1.00 bits per heavy atom. The zero-order valence-corrected chi connectivity index (χ0v) is 16.3. The van der Waals surface area contributed by atoms with E-state index in [9.17, 15) is 9.90 Å². The summed E-state index contributed by atoms with van der Waals surface area (Å²) in [6, 6.07) is 21.7. The summed E-state index contributed by atoms with van der Waals surface area (Å²) in [4.78, 5) is 15.9. The monoisotopic (exact) mass is 386 g/mol. The number of rotatable bonds is 6. The van der Waals surface area contributed by atoms with E-state index in [1.807, 2.05) is 42.5 Å². The molecule has 4 aromatic rings. The van der Waals surface area contributed by atoms with E-state index in [0.717, 1.165) is 16.9 Å². The largest absolute Gasteiger partial charge is 0.481 e. The Labute approximate surface area is 168 Å². The van der Waals surface area contributed by atoms with Crippen molar-refractivity contribution in [2.24, 2.45) is 5.41 Å². The topological polar surface area (TPSA) is 80.0 Å². The number of anilines is 2. The van der Waals surface area contributed by atoms with Crippen molar-refractivity contribution < 1.29 is 9.90 Å². The minimum Gasteiger partial charge on any atom is -0.481 e. The molecule has 0 amide bonds. The van der Waals surface area contributed by atoms with Gasteiger partial charge in [-0.25, -0.2) is 9.67 Å². The number of hydrogen-bond donors (Lipinski definition) is 2. The van der Waals surface area contributed by atoms with Gasteiger partial charge < -0.3 is 10.4 Å². The third-order valence-corrected chi connectivity index (χ3v) is 5.20. The normalized spacial score (nSPS) is 12.6. The van der Waals surface area contributed by atoms with E-state index in [4.69, 9.17) is 0 Å². The van der Waals surface area contributed by atoms with Gasteiger partial charge in [0.1, 0.15) is 12.7 Å². The summed E-state index contributed by atoms with van der Waals surface area (Å²) in [5.74, 6) is -0.892. The summed E-state index contributed by atoms with van der Waals surface area (Å²) in [6.45, 7) is 3.39. The van der Waals surface area contributed by atoms with Crippen LogP contribution < -0.4 is 5.32 Å². The number of carboxylic acids is 1. The van der Waals surface area contributed by atoms with E-state index < -0.39 is 17.4 Å². The fourth-order valence-corrected chi connectivity index (χ4v) is 3.55. The van der Waals surface area contributed by atoms with Crippen molar-refractivity contribution in [1.82, 2.24) is 14.8 Å². The van der Waals surface area contributed by atoms with Gasteiger partial charge in [-0.2, -0.15) is 5.10 Å². The van der Waals surface area contributed by atoms with Crippen molar-refractivity contribution in [3.8, 4) is 0 Å². The molecule has 0 spiro atoms. The number of carbonyl (C=O) groups is 1. The lowest BCUT2D eigenvalue weighted by Gasteiger charge is -2.30. The number of hydrogen-bond acceptors (Lipinski definition) is 4. The average molecular weight is 386 g/mol. The van der Waals surface area contributed by atoms with E-state index in [0.29, 0.717) is 0 Å². The standard InChI is InChI=1S/C23H22N4O2/c1-23(2,22(28)29)21(27-15-24-14-25-27)17-8-10-19(11-9-17)26-20-12-7-16-5-3-4-6-18(16)13-20/h3-15,21,26H,1-2H3,(H,28,29). The molecule has 4 rings (SSSR count). The van der Waals surface area contributed by atoms with Crippen LogP contribution in [0.1, 0.15) is 25.5 Å². The highest BCUT2D eigenvalue weighted by Gasteiger charge is 2.39. The number of nitrogens with one attached hydrogen (secondary N) is 1. The first-order chi connectivity index (χ1) is 13.9. The molecule has 6 heteroatoms. The minimum absolute atomic E-state index is 0.475. The molecule has 0 saturated carbocycles. The number of nitrogens with zero attached hydrogens (tertiary/aromatic N) is 3. The van der Waals surface area contributed by atoms with E-state index in [2.05, 4.69) is 39.7 Å². The second kappa shape index (κ2) is 7.39. The van der Waals surface area contributed by atoms with Crippen LogP contribution in [0, 0.1) is 5.41 Å². The van der Waals surface area contributed by atoms with Gasteiger partial charge >= 0.3 is 5.97 Å². The first-order valence-electron chi connectivity index (χ1n) is 9.38. The van der Waals surface area contributed by atoms with Crippen molar-refractivity contribution in [2.75, 3.05) is 5.32 Å². The predicted molar refractivity (Wildman–Crippen MR) is 113 cm³/mol. The van der Waals surface area contributed by atoms with Gasteiger partial charge in [0.05, 0.1) is 11.5 Å². The van der Waals surface area contributed by atoms with Crippen LogP contribution in [0.15, 0.2) is 79.4 Å². The zero-order valence-electron chi connectivity index (χ0n) is 16.3. The molecule has 1 unspecified atom stereocenters. The summed E-state index contributed by atoms with van der Waals surface area (Å²) in [7, 11) is 0. The summed E-state index contributed by atoms with van der Waals surface area (Å²) >= 11 is 0. The number of carboxylic acid groups (broad SMARTS) is 1. The molecule has 6 nitrogen and oxygen atoms in total. The molecule has 1 atom stereocenters. The van der Waals surface area contributed by atoms with Crippen LogP contribution in [0.3, 0.4) is 0 Å². The summed E-state index contributed by atoms with van der Waals surface area (Å²) in [5.41, 5.74) is 1.72. The Morgan fingerprint density at radius 3 is 2.34 bits per heavy atom. The lowest BCUT2D eigenvalue weighted by atomic mass is 9.80. The van der Waals surface area contributed by atoms with Crippen LogP contribution in [-0.2, 0) is 4.79 Å². The Balaban J connectivity index is 1.62. The summed E-state index contributed by atoms with van der Waals surface area (Å²) in [6.07, 6.45) is 2.97. The molecule has 1 aromatic heterocycles. The van der Waals surface area contributed by atoms with Crippen molar-refractivity contribution in [1.29, 1.82) is 0 Å². The molecule has 0 aliphatic heterocycles. The summed E-state index contributed by atoms with van der Waals surface area (Å²) < 4.78 is 1.60. The molecule has 1 heterocycles. The van der Waals surface area contributed by atoms with Gasteiger partial charge in [-0.15, -0.1) is 0 Å². The van der Waals surface area contributed by atoms with Gasteiger partial charge in [0, 0.05) is 11.4 Å². The third-order valence-electron chi connectivity index (χ3n) is 5.20. The Kier molecular flexibility index (Phi) is 4.76. The van der Waals surface area contributed by atoms with Gasteiger partial charge in [0.25, 0.3) is 0 Å². The Morgan fingerprint density at radius 2 is 1.69 bits per heavy atom. The fraction of sp³-hybridized carbons (Fsp3) is 0.174. The van der Waals surface area contributed by atoms with Crippen molar-refractivity contribution in [3.63, 3.8) is 0 Å². The Hall–Kier alpha value is -3.67. The second-order valence-corrected chi connectivity index (χ2v) is 7.61. The van der Waals surface area contributed by atoms with Gasteiger partial charge in [0.15, 0.2) is 0 Å². The molecule has 0 radical (unpaired) electrons. The minimum atomic E-state index is -1.05. The number of aromatic nitrogens is 3. The Bertz CT molecular complexity index is 1140. The van der Waals surface area contributed by atoms with Gasteiger partial charge in [-0.3, -0.25) is 4.79 Å². The highest BCUT2D eigenvalue weighted by Crippen LogP contribution is 2.37. The van der Waals surface area contributed by atoms with Crippen LogP contribution in [0.25, 0.3) is 10.8 Å². The van der Waals surface area contributed by atoms with Gasteiger partial charge in [-0.05, 0) is 54.4 Å². The number of fused-ring (bicyclic) bond motifs is 1. The summed E-state index contributed by atoms with van der Waals surface area (Å²) in [5, 5.41) is 19.7. The highest BCUT2D eigenvalue weighted by molar-refractivity contribution is 5.86. The maximum atomic E-state index is 11.9. The van der Waals surface area contributed by atoms with E-state index in [-0.39, 0.29) is 0 Å². The smallest absolute Gasteiger partial charge is 0.311 e. The van der Waals surface area contributed by atoms with Crippen LogP contribution in [0.2, 0.25) is 0 Å².